The molecule has 2 amide bonds. The molecule has 232 valence electrons. The van der Waals surface area contributed by atoms with E-state index in [9.17, 15) is 22.8 Å². The molecule has 1 saturated heterocycles. The molecule has 3 aromatic rings. The fourth-order valence-corrected chi connectivity index (χ4v) is 5.62. The molecular formula is C29H36ClF3N8O2. The molecular weight excluding hydrogens is 585 g/mol. The second kappa shape index (κ2) is 12.3. The maximum atomic E-state index is 13.7. The third-order valence-electron chi connectivity index (χ3n) is 8.12. The standard InChI is InChI=1S/C29H36ClF3N8O2/c1-37(2)13-14-38(3)19-9-11-40(12-10-19)28(43)21-8-5-18(15-23(21)30)35-27(42)26-34-16-24(39(26)4)22-17-41(20-6-7-20)36-25(22)29(31,32)33/h5,8,15-17,19-20H,6-7,9-14H2,1-4H3,(H,35,42). The first kappa shape index (κ1) is 31.0. The maximum absolute atomic E-state index is 13.7. The van der Waals surface area contributed by atoms with Crippen LogP contribution in [0.15, 0.2) is 30.6 Å². The molecule has 1 aliphatic carbocycles. The quantitative estimate of drug-likeness (QED) is 0.375. The van der Waals surface area contributed by atoms with Crippen molar-refractivity contribution in [3.05, 3.63) is 52.7 Å². The summed E-state index contributed by atoms with van der Waals surface area (Å²) in [4.78, 5) is 36.7. The zero-order valence-electron chi connectivity index (χ0n) is 24.7. The number of hydrogen-bond donors (Lipinski definition) is 1. The van der Waals surface area contributed by atoms with E-state index in [4.69, 9.17) is 11.6 Å². The van der Waals surface area contributed by atoms with E-state index in [1.54, 1.807) is 17.0 Å². The fraction of sp³-hybridized carbons (Fsp3) is 0.517. The third kappa shape index (κ3) is 6.89. The van der Waals surface area contributed by atoms with E-state index in [1.807, 2.05) is 14.1 Å². The molecule has 0 atom stereocenters. The number of rotatable bonds is 9. The zero-order chi connectivity index (χ0) is 31.1. The first-order valence-corrected chi connectivity index (χ1v) is 14.6. The van der Waals surface area contributed by atoms with Gasteiger partial charge in [0, 0.05) is 51.2 Å². The van der Waals surface area contributed by atoms with Gasteiger partial charge in [-0.25, -0.2) is 4.98 Å². The summed E-state index contributed by atoms with van der Waals surface area (Å²) in [6.45, 7) is 3.19. The van der Waals surface area contributed by atoms with Crippen molar-refractivity contribution >= 4 is 29.1 Å². The van der Waals surface area contributed by atoms with Gasteiger partial charge in [0.2, 0.25) is 0 Å². The molecule has 10 nitrogen and oxygen atoms in total. The molecule has 0 unspecified atom stereocenters. The number of likely N-dealkylation sites (N-methyl/N-ethyl adjacent to an activating group) is 2. The van der Waals surface area contributed by atoms with Gasteiger partial charge in [0.25, 0.3) is 11.8 Å². The number of likely N-dealkylation sites (tertiary alicyclic amines) is 1. The molecule has 1 saturated carbocycles. The van der Waals surface area contributed by atoms with Crippen molar-refractivity contribution in [2.45, 2.75) is 43.9 Å². The number of alkyl halides is 3. The van der Waals surface area contributed by atoms with Crippen LogP contribution in [0.3, 0.4) is 0 Å². The van der Waals surface area contributed by atoms with Gasteiger partial charge < -0.3 is 24.6 Å². The maximum Gasteiger partial charge on any atom is 0.435 e. The summed E-state index contributed by atoms with van der Waals surface area (Å²) in [7, 11) is 7.69. The van der Waals surface area contributed by atoms with Crippen LogP contribution in [-0.2, 0) is 13.2 Å². The van der Waals surface area contributed by atoms with Gasteiger partial charge in [-0.2, -0.15) is 18.3 Å². The molecule has 1 N–H and O–H groups in total. The van der Waals surface area contributed by atoms with E-state index >= 15 is 0 Å². The van der Waals surface area contributed by atoms with E-state index in [-0.39, 0.29) is 34.1 Å². The topological polar surface area (TPSA) is 91.5 Å². The molecule has 5 rings (SSSR count). The fourth-order valence-electron chi connectivity index (χ4n) is 5.36. The molecule has 1 aliphatic heterocycles. The van der Waals surface area contributed by atoms with Crippen LogP contribution in [0.2, 0.25) is 5.02 Å². The molecule has 1 aromatic carbocycles. The first-order chi connectivity index (χ1) is 20.3. The lowest BCUT2D eigenvalue weighted by Gasteiger charge is -2.37. The zero-order valence-corrected chi connectivity index (χ0v) is 25.4. The highest BCUT2D eigenvalue weighted by Gasteiger charge is 2.40. The Kier molecular flexibility index (Phi) is 8.87. The molecule has 2 fully saturated rings. The summed E-state index contributed by atoms with van der Waals surface area (Å²) in [5.41, 5.74) is -0.359. The average Bonchev–Trinajstić information content (AvgIpc) is 3.58. The largest absolute Gasteiger partial charge is 0.435 e. The van der Waals surface area contributed by atoms with Crippen molar-refractivity contribution in [3.8, 4) is 11.3 Å². The van der Waals surface area contributed by atoms with Crippen LogP contribution in [0.5, 0.6) is 0 Å². The smallest absolute Gasteiger partial charge is 0.338 e. The number of nitrogens with one attached hydrogen (secondary N) is 1. The van der Waals surface area contributed by atoms with Crippen molar-refractivity contribution < 1.29 is 22.8 Å². The predicted molar refractivity (Wildman–Crippen MR) is 157 cm³/mol. The SMILES string of the molecule is CN(C)CCN(C)C1CCN(C(=O)c2ccc(NC(=O)c3ncc(-c4cn(C5CC5)nc4C(F)(F)F)n3C)cc2Cl)CC1. The lowest BCUT2D eigenvalue weighted by Crippen LogP contribution is -2.46. The number of hydrogen-bond acceptors (Lipinski definition) is 6. The Morgan fingerprint density at radius 2 is 1.79 bits per heavy atom. The minimum absolute atomic E-state index is 0.0444. The van der Waals surface area contributed by atoms with Crippen LogP contribution in [0.4, 0.5) is 18.9 Å². The second-order valence-corrected chi connectivity index (χ2v) is 12.0. The molecule has 0 radical (unpaired) electrons. The Hall–Kier alpha value is -3.42. The number of imidazole rings is 1. The Bertz CT molecular complexity index is 1490. The van der Waals surface area contributed by atoms with Crippen LogP contribution >= 0.6 is 11.6 Å². The lowest BCUT2D eigenvalue weighted by atomic mass is 10.0. The number of aromatic nitrogens is 4. The Morgan fingerprint density at radius 1 is 1.09 bits per heavy atom. The van der Waals surface area contributed by atoms with Crippen molar-refractivity contribution in [1.82, 2.24) is 34.0 Å². The first-order valence-electron chi connectivity index (χ1n) is 14.3. The number of piperidine rings is 1. The highest BCUT2D eigenvalue weighted by atomic mass is 35.5. The summed E-state index contributed by atoms with van der Waals surface area (Å²) in [5, 5.41) is 6.65. The van der Waals surface area contributed by atoms with Crippen LogP contribution in [0.25, 0.3) is 11.3 Å². The number of carbonyl (C=O) groups is 2. The molecule has 0 spiro atoms. The van der Waals surface area contributed by atoms with Gasteiger partial charge >= 0.3 is 6.18 Å². The molecule has 3 heterocycles. The molecule has 43 heavy (non-hydrogen) atoms. The number of halogens is 4. The summed E-state index contributed by atoms with van der Waals surface area (Å²) in [6, 6.07) is 5.00. The van der Waals surface area contributed by atoms with E-state index in [1.165, 1.54) is 34.8 Å². The van der Waals surface area contributed by atoms with Crippen molar-refractivity contribution in [2.24, 2.45) is 7.05 Å². The van der Waals surface area contributed by atoms with Gasteiger partial charge in [-0.3, -0.25) is 14.3 Å². The van der Waals surface area contributed by atoms with Crippen LogP contribution < -0.4 is 5.32 Å². The van der Waals surface area contributed by atoms with Gasteiger partial charge in [-0.05, 0) is 65.0 Å². The third-order valence-corrected chi connectivity index (χ3v) is 8.43. The Balaban J connectivity index is 1.24. The predicted octanol–water partition coefficient (Wildman–Crippen LogP) is 4.64. The normalized spacial score (nSPS) is 16.4. The van der Waals surface area contributed by atoms with Crippen LogP contribution in [-0.4, -0.2) is 99.2 Å². The van der Waals surface area contributed by atoms with E-state index in [0.717, 1.165) is 38.8 Å². The number of benzene rings is 1. The Morgan fingerprint density at radius 3 is 2.40 bits per heavy atom. The van der Waals surface area contributed by atoms with E-state index < -0.39 is 17.8 Å². The van der Waals surface area contributed by atoms with Gasteiger partial charge in [0.15, 0.2) is 11.5 Å². The summed E-state index contributed by atoms with van der Waals surface area (Å²) in [5.74, 6) is -0.886. The average molecular weight is 621 g/mol. The highest BCUT2D eigenvalue weighted by Crippen LogP contribution is 2.41. The number of amides is 2. The number of nitrogens with zero attached hydrogens (tertiary/aromatic N) is 7. The lowest BCUT2D eigenvalue weighted by molar-refractivity contribution is -0.141. The monoisotopic (exact) mass is 620 g/mol. The molecule has 2 aliphatic rings. The molecule has 14 heteroatoms. The van der Waals surface area contributed by atoms with Gasteiger partial charge in [0.05, 0.1) is 34.1 Å². The second-order valence-electron chi connectivity index (χ2n) is 11.6. The van der Waals surface area contributed by atoms with Gasteiger partial charge in [0.1, 0.15) is 0 Å². The van der Waals surface area contributed by atoms with Crippen LogP contribution in [0.1, 0.15) is 58.4 Å². The number of carbonyl (C=O) groups excluding carboxylic acids is 2. The van der Waals surface area contributed by atoms with Crippen LogP contribution in [0, 0.1) is 0 Å². The minimum atomic E-state index is -4.66. The van der Waals surface area contributed by atoms with E-state index in [2.05, 4.69) is 32.2 Å². The van der Waals surface area contributed by atoms with Crippen molar-refractivity contribution in [2.75, 3.05) is 52.6 Å². The highest BCUT2D eigenvalue weighted by molar-refractivity contribution is 6.34. The molecule has 2 aromatic heterocycles. The Labute approximate surface area is 253 Å². The summed E-state index contributed by atoms with van der Waals surface area (Å²) < 4.78 is 43.8. The van der Waals surface area contributed by atoms with Crippen molar-refractivity contribution in [1.29, 1.82) is 0 Å². The minimum Gasteiger partial charge on any atom is -0.338 e. The number of anilines is 1. The van der Waals surface area contributed by atoms with Crippen molar-refractivity contribution in [3.63, 3.8) is 0 Å². The van der Waals surface area contributed by atoms with E-state index in [0.29, 0.717) is 30.4 Å². The van der Waals surface area contributed by atoms with Gasteiger partial charge in [-0.1, -0.05) is 11.6 Å². The van der Waals surface area contributed by atoms with Gasteiger partial charge in [-0.15, -0.1) is 0 Å². The summed E-state index contributed by atoms with van der Waals surface area (Å²) in [6.07, 6.45) is 1.24. The molecule has 0 bridgehead atoms. The summed E-state index contributed by atoms with van der Waals surface area (Å²) >= 11 is 6.48.